The highest BCUT2D eigenvalue weighted by Crippen LogP contribution is 2.47. The largest absolute Gasteiger partial charge is 0.502 e. The first-order valence-electron chi connectivity index (χ1n) is 7.32. The highest BCUT2D eigenvalue weighted by atomic mass is 16.4. The molecule has 120 valence electrons. The normalized spacial score (nSPS) is 14.8. The van der Waals surface area contributed by atoms with Crippen LogP contribution in [0, 0.1) is 0 Å². The lowest BCUT2D eigenvalue weighted by molar-refractivity contribution is -0.121. The molecule has 1 aromatic carbocycles. The predicted octanol–water partition coefficient (Wildman–Crippen LogP) is 2.56. The van der Waals surface area contributed by atoms with E-state index in [-0.39, 0.29) is 24.5 Å². The number of aromatic hydroxyl groups is 2. The number of hydrogen-bond donors (Lipinski definition) is 2. The molecule has 2 amide bonds. The number of rotatable bonds is 2. The monoisotopic (exact) mass is 324 g/mol. The first-order valence-corrected chi connectivity index (χ1v) is 7.32. The summed E-state index contributed by atoms with van der Waals surface area (Å²) in [5.41, 5.74) is 1.19. The molecular formula is C17H12N2O5. The topological polar surface area (TPSA) is 104 Å². The first kappa shape index (κ1) is 14.3. The van der Waals surface area contributed by atoms with E-state index in [9.17, 15) is 19.8 Å². The molecule has 0 saturated carbocycles. The number of para-hydroxylation sites is 1. The highest BCUT2D eigenvalue weighted by Gasteiger charge is 2.37. The van der Waals surface area contributed by atoms with Crippen molar-refractivity contribution < 1.29 is 24.2 Å². The lowest BCUT2D eigenvalue weighted by Crippen LogP contribution is -2.28. The summed E-state index contributed by atoms with van der Waals surface area (Å²) in [6.07, 6.45) is 1.58. The summed E-state index contributed by atoms with van der Waals surface area (Å²) in [6.45, 7) is 0. The van der Waals surface area contributed by atoms with Gasteiger partial charge in [-0.15, -0.1) is 0 Å². The van der Waals surface area contributed by atoms with Gasteiger partial charge >= 0.3 is 0 Å². The van der Waals surface area contributed by atoms with Gasteiger partial charge in [0.25, 0.3) is 5.88 Å². The lowest BCUT2D eigenvalue weighted by atomic mass is 10.1. The van der Waals surface area contributed by atoms with Gasteiger partial charge in [-0.1, -0.05) is 18.2 Å². The molecular weight excluding hydrogens is 312 g/mol. The van der Waals surface area contributed by atoms with Gasteiger partial charge in [0.05, 0.1) is 5.52 Å². The number of benzene rings is 1. The first-order chi connectivity index (χ1) is 11.6. The van der Waals surface area contributed by atoms with Gasteiger partial charge in [-0.05, 0) is 12.1 Å². The molecule has 0 unspecified atom stereocenters. The molecule has 0 radical (unpaired) electrons. The number of imide groups is 1. The van der Waals surface area contributed by atoms with Crippen molar-refractivity contribution in [1.29, 1.82) is 0 Å². The number of amides is 2. The Morgan fingerprint density at radius 1 is 1.04 bits per heavy atom. The van der Waals surface area contributed by atoms with Crippen LogP contribution in [-0.2, 0) is 9.59 Å². The van der Waals surface area contributed by atoms with Crippen LogP contribution in [0.3, 0.4) is 0 Å². The number of carbonyl (C=O) groups excluding carboxylic acids is 2. The summed E-state index contributed by atoms with van der Waals surface area (Å²) in [4.78, 5) is 28.6. The molecule has 24 heavy (non-hydrogen) atoms. The predicted molar refractivity (Wildman–Crippen MR) is 84.5 cm³/mol. The van der Waals surface area contributed by atoms with Crippen molar-refractivity contribution in [2.45, 2.75) is 12.8 Å². The second-order valence-corrected chi connectivity index (χ2v) is 5.47. The van der Waals surface area contributed by atoms with E-state index in [1.54, 1.807) is 6.07 Å². The van der Waals surface area contributed by atoms with E-state index >= 15 is 0 Å². The molecule has 2 N–H and O–H groups in total. The zero-order valence-electron chi connectivity index (χ0n) is 12.4. The van der Waals surface area contributed by atoms with Gasteiger partial charge < -0.3 is 14.6 Å². The van der Waals surface area contributed by atoms with Gasteiger partial charge in [0, 0.05) is 30.0 Å². The van der Waals surface area contributed by atoms with E-state index in [0.717, 1.165) is 15.8 Å². The SMILES string of the molecule is O=C1CCC(=O)N1c1oc(-c2cnc3ccccc3c2)c(O)c1O. The van der Waals surface area contributed by atoms with E-state index in [1.807, 2.05) is 24.3 Å². The quantitative estimate of drug-likeness (QED) is 0.702. The van der Waals surface area contributed by atoms with E-state index in [4.69, 9.17) is 4.42 Å². The number of furan rings is 1. The number of anilines is 1. The number of carbonyl (C=O) groups is 2. The average Bonchev–Trinajstić information content (AvgIpc) is 3.07. The molecule has 7 heteroatoms. The van der Waals surface area contributed by atoms with Crippen LogP contribution in [0.1, 0.15) is 12.8 Å². The molecule has 4 rings (SSSR count). The lowest BCUT2D eigenvalue weighted by Gasteiger charge is -2.09. The Morgan fingerprint density at radius 2 is 1.75 bits per heavy atom. The Bertz CT molecular complexity index is 976. The molecule has 0 aliphatic carbocycles. The molecule has 1 saturated heterocycles. The number of fused-ring (bicyclic) bond motifs is 1. The molecule has 0 atom stereocenters. The summed E-state index contributed by atoms with van der Waals surface area (Å²) in [5, 5.41) is 21.1. The maximum atomic E-state index is 11.8. The molecule has 0 spiro atoms. The average molecular weight is 324 g/mol. The second kappa shape index (κ2) is 5.09. The summed E-state index contributed by atoms with van der Waals surface area (Å²) in [7, 11) is 0. The highest BCUT2D eigenvalue weighted by molar-refractivity contribution is 6.20. The summed E-state index contributed by atoms with van der Waals surface area (Å²) in [6, 6.07) is 9.12. The molecule has 2 aromatic heterocycles. The van der Waals surface area contributed by atoms with Crippen molar-refractivity contribution in [1.82, 2.24) is 4.98 Å². The molecule has 7 nitrogen and oxygen atoms in total. The van der Waals surface area contributed by atoms with Crippen LogP contribution in [0.2, 0.25) is 0 Å². The van der Waals surface area contributed by atoms with E-state index in [1.165, 1.54) is 6.20 Å². The second-order valence-electron chi connectivity index (χ2n) is 5.47. The fourth-order valence-electron chi connectivity index (χ4n) is 2.75. The van der Waals surface area contributed by atoms with Crippen LogP contribution >= 0.6 is 0 Å². The number of nitrogens with zero attached hydrogens (tertiary/aromatic N) is 2. The molecule has 1 aliphatic heterocycles. The summed E-state index contributed by atoms with van der Waals surface area (Å²) in [5.74, 6) is -2.53. The maximum Gasteiger partial charge on any atom is 0.256 e. The molecule has 0 bridgehead atoms. The molecule has 1 fully saturated rings. The number of hydrogen-bond acceptors (Lipinski definition) is 6. The number of aromatic nitrogens is 1. The van der Waals surface area contributed by atoms with Crippen LogP contribution in [0.4, 0.5) is 5.88 Å². The Labute approximate surface area is 135 Å². The van der Waals surface area contributed by atoms with Crippen molar-refractivity contribution >= 4 is 28.6 Å². The molecule has 3 heterocycles. The van der Waals surface area contributed by atoms with E-state index in [2.05, 4.69) is 4.98 Å². The minimum Gasteiger partial charge on any atom is -0.502 e. The third-order valence-corrected chi connectivity index (χ3v) is 3.95. The van der Waals surface area contributed by atoms with Crippen molar-refractivity contribution in [2.75, 3.05) is 4.90 Å². The summed E-state index contributed by atoms with van der Waals surface area (Å²) >= 11 is 0. The Hall–Kier alpha value is -3.35. The van der Waals surface area contributed by atoms with Gasteiger partial charge in [-0.25, -0.2) is 4.90 Å². The summed E-state index contributed by atoms with van der Waals surface area (Å²) < 4.78 is 5.45. The van der Waals surface area contributed by atoms with Gasteiger partial charge in [0.2, 0.25) is 23.3 Å². The van der Waals surface area contributed by atoms with Crippen LogP contribution in [-0.4, -0.2) is 27.0 Å². The Kier molecular flexibility index (Phi) is 3.02. The minimum absolute atomic E-state index is 0.0479. The standard InChI is InChI=1S/C17H12N2O5/c20-12-5-6-13(21)19(12)17-15(23)14(22)16(24-17)10-7-9-3-1-2-4-11(9)18-8-10/h1-4,7-8,22-23H,5-6H2. The van der Waals surface area contributed by atoms with Crippen LogP contribution in [0.5, 0.6) is 11.5 Å². The third-order valence-electron chi connectivity index (χ3n) is 3.95. The van der Waals surface area contributed by atoms with Gasteiger partial charge in [-0.2, -0.15) is 0 Å². The van der Waals surface area contributed by atoms with Crippen molar-refractivity contribution in [2.24, 2.45) is 0 Å². The van der Waals surface area contributed by atoms with Gasteiger partial charge in [0.15, 0.2) is 5.76 Å². The fraction of sp³-hybridized carbons (Fsp3) is 0.118. The Balaban J connectivity index is 1.85. The van der Waals surface area contributed by atoms with Crippen molar-refractivity contribution in [3.8, 4) is 22.8 Å². The van der Waals surface area contributed by atoms with E-state index < -0.39 is 23.3 Å². The van der Waals surface area contributed by atoms with Gasteiger partial charge in [0.1, 0.15) is 0 Å². The van der Waals surface area contributed by atoms with Crippen LogP contribution < -0.4 is 4.90 Å². The smallest absolute Gasteiger partial charge is 0.256 e. The molecule has 1 aliphatic rings. The zero-order chi connectivity index (χ0) is 16.8. The minimum atomic E-state index is -0.637. The van der Waals surface area contributed by atoms with Crippen molar-refractivity contribution in [3.05, 3.63) is 36.5 Å². The zero-order valence-corrected chi connectivity index (χ0v) is 12.4. The van der Waals surface area contributed by atoms with Crippen LogP contribution in [0.25, 0.3) is 22.2 Å². The number of pyridine rings is 1. The third kappa shape index (κ3) is 2.02. The molecule has 3 aromatic rings. The maximum absolute atomic E-state index is 11.8. The van der Waals surface area contributed by atoms with Gasteiger partial charge in [-0.3, -0.25) is 14.6 Å². The van der Waals surface area contributed by atoms with Crippen LogP contribution in [0.15, 0.2) is 40.9 Å². The Morgan fingerprint density at radius 3 is 2.50 bits per heavy atom. The van der Waals surface area contributed by atoms with E-state index in [0.29, 0.717) is 5.56 Å². The fourth-order valence-corrected chi connectivity index (χ4v) is 2.75. The van der Waals surface area contributed by atoms with Crippen molar-refractivity contribution in [3.63, 3.8) is 0 Å².